The summed E-state index contributed by atoms with van der Waals surface area (Å²) in [5.41, 5.74) is -1.20. The molecule has 0 unspecified atom stereocenters. The molecule has 0 bridgehead atoms. The first-order valence-electron chi connectivity index (χ1n) is 6.88. The molecular formula is C14H11F3N4O3. The van der Waals surface area contributed by atoms with Crippen LogP contribution in [0.2, 0.25) is 0 Å². The Bertz CT molecular complexity index is 795. The minimum absolute atomic E-state index is 0.0743. The molecule has 0 aliphatic carbocycles. The maximum Gasteiger partial charge on any atom is 0.416 e. The van der Waals surface area contributed by atoms with Crippen LogP contribution in [0.1, 0.15) is 16.1 Å². The number of rotatable bonds is 3. The average molecular weight is 340 g/mol. The number of alkyl halides is 3. The van der Waals surface area contributed by atoms with Crippen LogP contribution in [0.25, 0.3) is 0 Å². The zero-order chi connectivity index (χ0) is 17.3. The van der Waals surface area contributed by atoms with Gasteiger partial charge in [-0.3, -0.25) is 9.59 Å². The summed E-state index contributed by atoms with van der Waals surface area (Å²) < 4.78 is 43.2. The lowest BCUT2D eigenvalue weighted by molar-refractivity contribution is -0.137. The van der Waals surface area contributed by atoms with Gasteiger partial charge < -0.3 is 9.64 Å². The van der Waals surface area contributed by atoms with Crippen molar-refractivity contribution in [1.29, 1.82) is 0 Å². The van der Waals surface area contributed by atoms with E-state index in [1.165, 1.54) is 17.0 Å². The molecule has 0 atom stereocenters. The highest BCUT2D eigenvalue weighted by atomic mass is 19.4. The van der Waals surface area contributed by atoms with E-state index in [1.54, 1.807) is 0 Å². The summed E-state index contributed by atoms with van der Waals surface area (Å²) in [6.07, 6.45) is -3.91. The van der Waals surface area contributed by atoms with Crippen molar-refractivity contribution in [2.75, 3.05) is 13.1 Å². The van der Waals surface area contributed by atoms with Gasteiger partial charge in [-0.2, -0.15) is 18.3 Å². The molecule has 24 heavy (non-hydrogen) atoms. The summed E-state index contributed by atoms with van der Waals surface area (Å²) in [4.78, 5) is 28.1. The second kappa shape index (κ2) is 5.95. The van der Waals surface area contributed by atoms with Crippen LogP contribution >= 0.6 is 0 Å². The molecule has 0 aromatic carbocycles. The lowest BCUT2D eigenvalue weighted by Gasteiger charge is -2.38. The van der Waals surface area contributed by atoms with Gasteiger partial charge in [0.2, 0.25) is 5.88 Å². The predicted molar refractivity (Wildman–Crippen MR) is 74.4 cm³/mol. The molecule has 1 amide bonds. The van der Waals surface area contributed by atoms with E-state index in [2.05, 4.69) is 15.2 Å². The molecule has 0 saturated carbocycles. The van der Waals surface area contributed by atoms with Crippen molar-refractivity contribution in [1.82, 2.24) is 20.1 Å². The molecule has 2 aromatic heterocycles. The van der Waals surface area contributed by atoms with Crippen molar-refractivity contribution in [2.45, 2.75) is 12.3 Å². The highest BCUT2D eigenvalue weighted by Gasteiger charge is 2.35. The number of aromatic nitrogens is 3. The zero-order valence-corrected chi connectivity index (χ0v) is 12.1. The third-order valence-electron chi connectivity index (χ3n) is 3.38. The topological polar surface area (TPSA) is 88.2 Å². The molecular weight excluding hydrogens is 329 g/mol. The predicted octanol–water partition coefficient (Wildman–Crippen LogP) is 1.09. The number of nitrogens with zero attached hydrogens (tertiary/aromatic N) is 3. The van der Waals surface area contributed by atoms with Crippen molar-refractivity contribution in [3.63, 3.8) is 0 Å². The van der Waals surface area contributed by atoms with E-state index in [0.717, 1.165) is 18.3 Å². The Balaban J connectivity index is 1.58. The van der Waals surface area contributed by atoms with Gasteiger partial charge in [-0.25, -0.2) is 10.1 Å². The Morgan fingerprint density at radius 1 is 1.29 bits per heavy atom. The quantitative estimate of drug-likeness (QED) is 0.904. The molecule has 1 aliphatic heterocycles. The largest absolute Gasteiger partial charge is 0.471 e. The minimum Gasteiger partial charge on any atom is -0.471 e. The highest BCUT2D eigenvalue weighted by molar-refractivity contribution is 5.92. The first-order chi connectivity index (χ1) is 11.3. The summed E-state index contributed by atoms with van der Waals surface area (Å²) in [7, 11) is 0. The second-order valence-electron chi connectivity index (χ2n) is 5.14. The molecule has 3 rings (SSSR count). The van der Waals surface area contributed by atoms with Crippen molar-refractivity contribution >= 4 is 5.91 Å². The Kier molecular flexibility index (Phi) is 3.96. The summed E-state index contributed by atoms with van der Waals surface area (Å²) in [5, 5.41) is 5.78. The molecule has 0 radical (unpaired) electrons. The SMILES string of the molecule is O=C(c1ccc(=O)[nH]n1)N1CC(Oc2cc(C(F)(F)F)ccn2)C1. The van der Waals surface area contributed by atoms with Gasteiger partial charge in [-0.05, 0) is 12.1 Å². The third-order valence-corrected chi connectivity index (χ3v) is 3.38. The number of amides is 1. The number of carbonyl (C=O) groups excluding carboxylic acids is 1. The molecule has 2 aromatic rings. The van der Waals surface area contributed by atoms with Gasteiger partial charge in [0, 0.05) is 18.3 Å². The normalized spacial score (nSPS) is 15.0. The summed E-state index contributed by atoms with van der Waals surface area (Å²) in [6, 6.07) is 4.14. The van der Waals surface area contributed by atoms with Crippen molar-refractivity contribution in [3.05, 3.63) is 52.1 Å². The van der Waals surface area contributed by atoms with Crippen molar-refractivity contribution in [2.24, 2.45) is 0 Å². The van der Waals surface area contributed by atoms with Crippen molar-refractivity contribution < 1.29 is 22.7 Å². The number of likely N-dealkylation sites (tertiary alicyclic amines) is 1. The fraction of sp³-hybridized carbons (Fsp3) is 0.286. The Hall–Kier alpha value is -2.91. The van der Waals surface area contributed by atoms with E-state index in [4.69, 9.17) is 4.74 Å². The third kappa shape index (κ3) is 3.36. The van der Waals surface area contributed by atoms with Gasteiger partial charge in [0.05, 0.1) is 18.7 Å². The van der Waals surface area contributed by atoms with Crippen LogP contribution in [0.5, 0.6) is 5.88 Å². The first kappa shape index (κ1) is 16.0. The van der Waals surface area contributed by atoms with E-state index in [1.807, 2.05) is 0 Å². The number of nitrogens with one attached hydrogen (secondary N) is 1. The Morgan fingerprint density at radius 3 is 2.67 bits per heavy atom. The smallest absolute Gasteiger partial charge is 0.416 e. The molecule has 10 heteroatoms. The molecule has 1 fully saturated rings. The van der Waals surface area contributed by atoms with E-state index in [9.17, 15) is 22.8 Å². The molecule has 3 heterocycles. The van der Waals surface area contributed by atoms with Gasteiger partial charge >= 0.3 is 6.18 Å². The summed E-state index contributed by atoms with van der Waals surface area (Å²) in [5.74, 6) is -0.549. The van der Waals surface area contributed by atoms with Gasteiger partial charge in [0.1, 0.15) is 11.8 Å². The first-order valence-corrected chi connectivity index (χ1v) is 6.88. The van der Waals surface area contributed by atoms with Crippen molar-refractivity contribution in [3.8, 4) is 5.88 Å². The van der Waals surface area contributed by atoms with Crippen LogP contribution in [0.4, 0.5) is 13.2 Å². The number of ether oxygens (including phenoxy) is 1. The minimum atomic E-state index is -4.47. The maximum atomic E-state index is 12.6. The zero-order valence-electron chi connectivity index (χ0n) is 12.1. The van der Waals surface area contributed by atoms with Gasteiger partial charge in [-0.1, -0.05) is 0 Å². The van der Waals surface area contributed by atoms with Crippen LogP contribution in [-0.2, 0) is 6.18 Å². The summed E-state index contributed by atoms with van der Waals surface area (Å²) in [6.45, 7) is 0.384. The molecule has 7 nitrogen and oxygen atoms in total. The summed E-state index contributed by atoms with van der Waals surface area (Å²) >= 11 is 0. The maximum absolute atomic E-state index is 12.6. The van der Waals surface area contributed by atoms with Gasteiger partial charge in [-0.15, -0.1) is 0 Å². The molecule has 1 saturated heterocycles. The van der Waals surface area contributed by atoms with Crippen LogP contribution in [0.15, 0.2) is 35.3 Å². The lowest BCUT2D eigenvalue weighted by atomic mass is 10.1. The molecule has 1 aliphatic rings. The lowest BCUT2D eigenvalue weighted by Crippen LogP contribution is -2.56. The fourth-order valence-electron chi connectivity index (χ4n) is 2.13. The highest BCUT2D eigenvalue weighted by Crippen LogP contribution is 2.31. The van der Waals surface area contributed by atoms with Crippen LogP contribution in [0.3, 0.4) is 0 Å². The number of pyridine rings is 1. The number of hydrogen-bond donors (Lipinski definition) is 1. The fourth-order valence-corrected chi connectivity index (χ4v) is 2.13. The van der Waals surface area contributed by atoms with E-state index >= 15 is 0 Å². The van der Waals surface area contributed by atoms with E-state index in [-0.39, 0.29) is 24.7 Å². The van der Waals surface area contributed by atoms with Crippen LogP contribution in [0, 0.1) is 0 Å². The van der Waals surface area contributed by atoms with Crippen LogP contribution in [-0.4, -0.2) is 45.2 Å². The number of carbonyl (C=O) groups is 1. The van der Waals surface area contributed by atoms with E-state index < -0.39 is 29.3 Å². The number of halogens is 3. The van der Waals surface area contributed by atoms with E-state index in [0.29, 0.717) is 0 Å². The molecule has 1 N–H and O–H groups in total. The molecule has 0 spiro atoms. The van der Waals surface area contributed by atoms with Crippen LogP contribution < -0.4 is 10.3 Å². The standard InChI is InChI=1S/C14H11F3N4O3/c15-14(16,17)8-3-4-18-12(5-8)24-9-6-21(7-9)13(23)10-1-2-11(22)20-19-10/h1-5,9H,6-7H2,(H,20,22). The number of H-pyrrole nitrogens is 1. The number of aromatic amines is 1. The average Bonchev–Trinajstić information content (AvgIpc) is 2.50. The monoisotopic (exact) mass is 340 g/mol. The van der Waals surface area contributed by atoms with Gasteiger partial charge in [0.25, 0.3) is 11.5 Å². The number of hydrogen-bond acceptors (Lipinski definition) is 5. The Labute approximate surface area is 133 Å². The molecule has 126 valence electrons. The van der Waals surface area contributed by atoms with Gasteiger partial charge in [0.15, 0.2) is 0 Å². The second-order valence-corrected chi connectivity index (χ2v) is 5.14. The Morgan fingerprint density at radius 2 is 2.04 bits per heavy atom.